The molecule has 0 saturated carbocycles. The second kappa shape index (κ2) is 18.1. The summed E-state index contributed by atoms with van der Waals surface area (Å²) in [5.41, 5.74) is 7.82. The number of unbranched alkanes of at least 4 members (excludes halogenated alkanes) is 4. The zero-order valence-electron chi connectivity index (χ0n) is 31.2. The van der Waals surface area contributed by atoms with E-state index in [1.54, 1.807) is 48.5 Å². The summed E-state index contributed by atoms with van der Waals surface area (Å²) in [4.78, 5) is 0. The molecule has 0 spiro atoms. The number of anilines is 2. The number of nitrogens with two attached hydrogens (primary N) is 2. The average Bonchev–Trinajstić information content (AvgIpc) is 3.10. The first-order chi connectivity index (χ1) is 25.2. The van der Waals surface area contributed by atoms with Crippen molar-refractivity contribution in [3.63, 3.8) is 0 Å². The fourth-order valence-electron chi connectivity index (χ4n) is 6.71. The van der Waals surface area contributed by atoms with Gasteiger partial charge in [0, 0.05) is 11.4 Å². The fourth-order valence-corrected chi connectivity index (χ4v) is 6.71. The fraction of sp³-hybridized carbons (Fsp3) is 0.442. The van der Waals surface area contributed by atoms with E-state index in [9.17, 15) is 0 Å². The Bertz CT molecular complexity index is 1580. The Labute approximate surface area is 309 Å². The molecule has 10 heteroatoms. The van der Waals surface area contributed by atoms with E-state index in [2.05, 4.69) is 0 Å². The third-order valence-electron chi connectivity index (χ3n) is 9.60. The quantitative estimate of drug-likeness (QED) is 0.0787. The van der Waals surface area contributed by atoms with Crippen molar-refractivity contribution in [2.24, 2.45) is 0 Å². The number of hydrogen-bond acceptors (Lipinski definition) is 4. The predicted molar refractivity (Wildman–Crippen MR) is 202 cm³/mol. The van der Waals surface area contributed by atoms with Gasteiger partial charge in [0.25, 0.3) is 0 Å². The van der Waals surface area contributed by atoms with Crippen LogP contribution in [0.3, 0.4) is 0 Å². The van der Waals surface area contributed by atoms with E-state index in [4.69, 9.17) is 20.9 Å². The smallest absolute Gasteiger partial charge is 0.411 e. The van der Waals surface area contributed by atoms with E-state index in [0.717, 1.165) is 24.3 Å². The van der Waals surface area contributed by atoms with Gasteiger partial charge in [-0.25, -0.2) is 0 Å². The molecule has 4 nitrogen and oxygen atoms in total. The summed E-state index contributed by atoms with van der Waals surface area (Å²) < 4.78 is 108. The summed E-state index contributed by atoms with van der Waals surface area (Å²) in [6, 6.07) is 17.4. The normalized spacial score (nSPS) is 12.3. The van der Waals surface area contributed by atoms with E-state index in [1.807, 2.05) is 27.7 Å². The first-order valence-electron chi connectivity index (χ1n) is 18.7. The van der Waals surface area contributed by atoms with E-state index in [0.29, 0.717) is 96.5 Å². The molecule has 0 saturated heterocycles. The van der Waals surface area contributed by atoms with Gasteiger partial charge in [-0.05, 0) is 133 Å². The predicted octanol–water partition coefficient (Wildman–Crippen LogP) is 13.2. The lowest BCUT2D eigenvalue weighted by molar-refractivity contribution is -0.288. The maximum absolute atomic E-state index is 15.9. The van der Waals surface area contributed by atoms with Crippen molar-refractivity contribution in [1.29, 1.82) is 0 Å². The molecular formula is C43H52F6N2O2. The van der Waals surface area contributed by atoms with Crippen molar-refractivity contribution >= 4 is 11.4 Å². The molecule has 0 fully saturated rings. The summed E-state index contributed by atoms with van der Waals surface area (Å²) >= 11 is 0. The van der Waals surface area contributed by atoms with Crippen LogP contribution in [0.25, 0.3) is 0 Å². The van der Waals surface area contributed by atoms with Crippen LogP contribution in [-0.4, -0.2) is 12.4 Å². The summed E-state index contributed by atoms with van der Waals surface area (Å²) in [6.45, 7) is 7.67. The molecule has 0 heterocycles. The highest BCUT2D eigenvalue weighted by molar-refractivity contribution is 5.58. The van der Waals surface area contributed by atoms with Gasteiger partial charge in [-0.2, -0.15) is 26.3 Å². The van der Waals surface area contributed by atoms with Crippen LogP contribution in [0, 0.1) is 0 Å². The van der Waals surface area contributed by atoms with Gasteiger partial charge in [-0.1, -0.05) is 77.6 Å². The van der Waals surface area contributed by atoms with E-state index < -0.39 is 28.9 Å². The maximum Gasteiger partial charge on any atom is 0.411 e. The third-order valence-corrected chi connectivity index (χ3v) is 9.60. The summed E-state index contributed by atoms with van der Waals surface area (Å²) in [5.74, 6) is 1.35. The number of hydrogen-bond donors (Lipinski definition) is 2. The van der Waals surface area contributed by atoms with Crippen LogP contribution < -0.4 is 20.9 Å². The van der Waals surface area contributed by atoms with Gasteiger partial charge < -0.3 is 20.9 Å². The van der Waals surface area contributed by atoms with Gasteiger partial charge in [-0.15, -0.1) is 0 Å². The van der Waals surface area contributed by atoms with Crippen molar-refractivity contribution in [3.8, 4) is 23.0 Å². The minimum absolute atomic E-state index is 0.234. The SMILES string of the molecule is CCCCc1cc(C(c2cc(CCCC)c(Oc3ccc(N)cc3)c(CCCC)c2)(C(F)(F)F)C(F)(F)F)cc(CCCC)c1Oc1ccc(N)cc1. The minimum Gasteiger partial charge on any atom is -0.457 e. The van der Waals surface area contributed by atoms with Gasteiger partial charge >= 0.3 is 12.4 Å². The van der Waals surface area contributed by atoms with Crippen LogP contribution in [0.15, 0.2) is 72.8 Å². The highest BCUT2D eigenvalue weighted by atomic mass is 19.4. The highest BCUT2D eigenvalue weighted by Gasteiger charge is 2.72. The topological polar surface area (TPSA) is 70.5 Å². The maximum atomic E-state index is 15.9. The highest BCUT2D eigenvalue weighted by Crippen LogP contribution is 2.58. The van der Waals surface area contributed by atoms with Gasteiger partial charge in [0.05, 0.1) is 0 Å². The van der Waals surface area contributed by atoms with Crippen LogP contribution in [-0.2, 0) is 31.1 Å². The Balaban J connectivity index is 2.10. The van der Waals surface area contributed by atoms with Gasteiger partial charge in [0.1, 0.15) is 23.0 Å². The number of halogens is 6. The van der Waals surface area contributed by atoms with Crippen molar-refractivity contribution in [1.82, 2.24) is 0 Å². The molecule has 288 valence electrons. The zero-order valence-corrected chi connectivity index (χ0v) is 31.2. The molecule has 0 atom stereocenters. The number of nitrogen functional groups attached to an aromatic ring is 2. The van der Waals surface area contributed by atoms with E-state index in [-0.39, 0.29) is 37.2 Å². The van der Waals surface area contributed by atoms with Crippen molar-refractivity contribution in [2.75, 3.05) is 11.5 Å². The van der Waals surface area contributed by atoms with Crippen molar-refractivity contribution in [2.45, 2.75) is 123 Å². The van der Waals surface area contributed by atoms with E-state index >= 15 is 26.3 Å². The number of rotatable bonds is 18. The van der Waals surface area contributed by atoms with Crippen LogP contribution in [0.2, 0.25) is 0 Å². The van der Waals surface area contributed by atoms with Crippen molar-refractivity contribution in [3.05, 3.63) is 106 Å². The molecule has 4 N–H and O–H groups in total. The Morgan fingerprint density at radius 3 is 0.943 bits per heavy atom. The molecule has 0 radical (unpaired) electrons. The van der Waals surface area contributed by atoms with Crippen LogP contribution in [0.1, 0.15) is 112 Å². The van der Waals surface area contributed by atoms with Crippen LogP contribution in [0.4, 0.5) is 37.7 Å². The Morgan fingerprint density at radius 2 is 0.717 bits per heavy atom. The molecule has 4 aromatic rings. The molecular weight excluding hydrogens is 690 g/mol. The summed E-state index contributed by atoms with van der Waals surface area (Å²) in [6.07, 6.45) is -5.72. The van der Waals surface area contributed by atoms with Crippen molar-refractivity contribution < 1.29 is 35.8 Å². The van der Waals surface area contributed by atoms with E-state index in [1.165, 1.54) is 0 Å². The monoisotopic (exact) mass is 742 g/mol. The Kier molecular flexibility index (Phi) is 14.2. The first kappa shape index (κ1) is 41.4. The third kappa shape index (κ3) is 9.61. The molecule has 0 amide bonds. The molecule has 4 rings (SSSR count). The Morgan fingerprint density at radius 1 is 0.453 bits per heavy atom. The molecule has 0 aliphatic heterocycles. The average molecular weight is 743 g/mol. The Hall–Kier alpha value is -4.34. The van der Waals surface area contributed by atoms with Crippen LogP contribution in [0.5, 0.6) is 23.0 Å². The largest absolute Gasteiger partial charge is 0.457 e. The molecule has 53 heavy (non-hydrogen) atoms. The zero-order chi connectivity index (χ0) is 38.8. The minimum atomic E-state index is -5.77. The lowest BCUT2D eigenvalue weighted by Gasteiger charge is -2.40. The number of alkyl halides is 6. The standard InChI is InChI=1S/C43H52F6N2O2/c1-5-9-13-29-25-33(26-30(14-10-6-2)39(29)52-37-21-17-35(50)18-22-37)41(42(44,45)46,43(47,48)49)34-27-31(15-11-7-3)40(32(28-34)16-12-8-4)53-38-23-19-36(51)20-24-38/h17-28H,5-16,50-51H2,1-4H3. The van der Waals surface area contributed by atoms with Gasteiger partial charge in [-0.3, -0.25) is 0 Å². The lowest BCUT2D eigenvalue weighted by atomic mass is 9.70. The second-order valence-corrected chi connectivity index (χ2v) is 13.7. The number of ether oxygens (including phenoxy) is 2. The lowest BCUT2D eigenvalue weighted by Crippen LogP contribution is -2.55. The number of aryl methyl sites for hydroxylation is 4. The molecule has 0 aliphatic rings. The second-order valence-electron chi connectivity index (χ2n) is 13.7. The van der Waals surface area contributed by atoms with Gasteiger partial charge in [0.15, 0.2) is 0 Å². The molecule has 4 aromatic carbocycles. The molecule has 0 unspecified atom stereocenters. The van der Waals surface area contributed by atoms with Gasteiger partial charge in [0.2, 0.25) is 5.41 Å². The molecule has 0 aliphatic carbocycles. The summed E-state index contributed by atoms with van der Waals surface area (Å²) in [7, 11) is 0. The number of benzene rings is 4. The first-order valence-corrected chi connectivity index (χ1v) is 18.7. The molecule has 0 bridgehead atoms. The van der Waals surface area contributed by atoms with Crippen LogP contribution >= 0.6 is 0 Å². The molecule has 0 aromatic heterocycles. The summed E-state index contributed by atoms with van der Waals surface area (Å²) in [5, 5.41) is 0.